The van der Waals surface area contributed by atoms with Crippen LogP contribution in [0.25, 0.3) is 10.9 Å². The van der Waals surface area contributed by atoms with E-state index in [1.807, 2.05) is 19.3 Å². The van der Waals surface area contributed by atoms with Gasteiger partial charge >= 0.3 is 5.97 Å². The Hall–Kier alpha value is -2.66. The van der Waals surface area contributed by atoms with Crippen LogP contribution < -0.4 is 0 Å². The number of para-hydroxylation sites is 1. The Bertz CT molecular complexity index is 943. The predicted molar refractivity (Wildman–Crippen MR) is 110 cm³/mol. The van der Waals surface area contributed by atoms with Crippen molar-refractivity contribution in [1.82, 2.24) is 14.9 Å². The molecule has 3 heterocycles. The van der Waals surface area contributed by atoms with Crippen molar-refractivity contribution in [1.29, 1.82) is 0 Å². The van der Waals surface area contributed by atoms with E-state index >= 15 is 0 Å². The summed E-state index contributed by atoms with van der Waals surface area (Å²) in [5.41, 5.74) is 4.90. The van der Waals surface area contributed by atoms with Crippen LogP contribution >= 0.6 is 0 Å². The van der Waals surface area contributed by atoms with Gasteiger partial charge in [-0.1, -0.05) is 18.2 Å². The van der Waals surface area contributed by atoms with Crippen molar-refractivity contribution in [2.45, 2.75) is 32.7 Å². The minimum absolute atomic E-state index is 0.0124. The number of likely N-dealkylation sites (tertiary alicyclic amines) is 1. The number of nitrogens with zero attached hydrogens (tertiary/aromatic N) is 2. The summed E-state index contributed by atoms with van der Waals surface area (Å²) in [5.74, 6) is -0.0377. The maximum atomic E-state index is 12.1. The molecule has 1 aliphatic heterocycles. The second-order valence-electron chi connectivity index (χ2n) is 7.45. The molecule has 146 valence electrons. The summed E-state index contributed by atoms with van der Waals surface area (Å²) < 4.78 is 5.24. The monoisotopic (exact) mass is 377 g/mol. The number of hydrogen-bond donors (Lipinski definition) is 1. The fourth-order valence-corrected chi connectivity index (χ4v) is 4.41. The van der Waals surface area contributed by atoms with E-state index in [1.54, 1.807) is 0 Å². The fraction of sp³-hybridized carbons (Fsp3) is 0.391. The van der Waals surface area contributed by atoms with Crippen molar-refractivity contribution in [2.24, 2.45) is 5.92 Å². The van der Waals surface area contributed by atoms with Crippen molar-refractivity contribution in [3.05, 3.63) is 65.6 Å². The average Bonchev–Trinajstić information content (AvgIpc) is 3.06. The first-order valence-corrected chi connectivity index (χ1v) is 10.1. The number of carbonyl (C=O) groups is 1. The van der Waals surface area contributed by atoms with Crippen LogP contribution in [0, 0.1) is 12.8 Å². The summed E-state index contributed by atoms with van der Waals surface area (Å²) in [5, 5.41) is 1.26. The maximum Gasteiger partial charge on any atom is 0.309 e. The van der Waals surface area contributed by atoms with E-state index in [0.29, 0.717) is 6.61 Å². The molecule has 28 heavy (non-hydrogen) atoms. The normalized spacial score (nSPS) is 16.9. The highest BCUT2D eigenvalue weighted by Crippen LogP contribution is 2.38. The average molecular weight is 377 g/mol. The largest absolute Gasteiger partial charge is 0.466 e. The first-order chi connectivity index (χ1) is 13.7. The maximum absolute atomic E-state index is 12.1. The summed E-state index contributed by atoms with van der Waals surface area (Å²) in [6, 6.07) is 12.8. The van der Waals surface area contributed by atoms with Crippen LogP contribution in [0.1, 0.15) is 42.6 Å². The van der Waals surface area contributed by atoms with E-state index in [1.165, 1.54) is 22.2 Å². The molecule has 1 aliphatic rings. The Kier molecular flexibility index (Phi) is 5.44. The number of pyridine rings is 1. The van der Waals surface area contributed by atoms with Gasteiger partial charge < -0.3 is 9.72 Å². The zero-order chi connectivity index (χ0) is 19.5. The molecule has 0 radical (unpaired) electrons. The van der Waals surface area contributed by atoms with Crippen molar-refractivity contribution < 1.29 is 9.53 Å². The first-order valence-electron chi connectivity index (χ1n) is 10.1. The van der Waals surface area contributed by atoms with Crippen LogP contribution in [0.15, 0.2) is 48.8 Å². The lowest BCUT2D eigenvalue weighted by Crippen LogP contribution is -2.39. The van der Waals surface area contributed by atoms with E-state index in [-0.39, 0.29) is 17.9 Å². The van der Waals surface area contributed by atoms with E-state index in [9.17, 15) is 4.79 Å². The Morgan fingerprint density at radius 3 is 2.64 bits per heavy atom. The predicted octanol–water partition coefficient (Wildman–Crippen LogP) is 4.24. The van der Waals surface area contributed by atoms with Crippen molar-refractivity contribution in [3.8, 4) is 0 Å². The smallest absolute Gasteiger partial charge is 0.309 e. The van der Waals surface area contributed by atoms with Crippen LogP contribution in [-0.4, -0.2) is 40.5 Å². The molecular formula is C23H27N3O2. The van der Waals surface area contributed by atoms with E-state index in [4.69, 9.17) is 4.74 Å². The number of piperidine rings is 1. The van der Waals surface area contributed by atoms with Crippen LogP contribution in [0.4, 0.5) is 0 Å². The number of benzene rings is 1. The number of esters is 1. The number of rotatable bonds is 5. The quantitative estimate of drug-likeness (QED) is 0.676. The van der Waals surface area contributed by atoms with Crippen molar-refractivity contribution in [3.63, 3.8) is 0 Å². The fourth-order valence-electron chi connectivity index (χ4n) is 4.41. The molecule has 5 nitrogen and oxygen atoms in total. The summed E-state index contributed by atoms with van der Waals surface area (Å²) in [6.45, 7) is 6.21. The minimum Gasteiger partial charge on any atom is -0.466 e. The van der Waals surface area contributed by atoms with Crippen molar-refractivity contribution in [2.75, 3.05) is 19.7 Å². The zero-order valence-corrected chi connectivity index (χ0v) is 16.5. The van der Waals surface area contributed by atoms with Gasteiger partial charge in [0.05, 0.1) is 18.6 Å². The van der Waals surface area contributed by atoms with Gasteiger partial charge in [-0.2, -0.15) is 0 Å². The molecule has 1 saturated heterocycles. The molecule has 1 fully saturated rings. The van der Waals surface area contributed by atoms with Gasteiger partial charge in [0.2, 0.25) is 0 Å². The topological polar surface area (TPSA) is 58.2 Å². The molecule has 4 rings (SSSR count). The molecule has 0 spiro atoms. The highest BCUT2D eigenvalue weighted by atomic mass is 16.5. The Labute approximate surface area is 165 Å². The van der Waals surface area contributed by atoms with Gasteiger partial charge in [0.1, 0.15) is 0 Å². The third-order valence-corrected chi connectivity index (χ3v) is 5.75. The summed E-state index contributed by atoms with van der Waals surface area (Å²) in [4.78, 5) is 22.4. The SMILES string of the molecule is CCOC(=O)C1CCN(C(c2ccncc2)c2c(C)[nH]c3ccccc23)CC1. The molecule has 0 amide bonds. The summed E-state index contributed by atoms with van der Waals surface area (Å²) >= 11 is 0. The molecule has 1 atom stereocenters. The lowest BCUT2D eigenvalue weighted by atomic mass is 9.90. The molecule has 0 saturated carbocycles. The number of aromatic nitrogens is 2. The van der Waals surface area contributed by atoms with Gasteiger partial charge in [-0.3, -0.25) is 14.7 Å². The standard InChI is InChI=1S/C23H27N3O2/c1-3-28-23(27)18-10-14-26(15-11-18)22(17-8-12-24-13-9-17)21-16(2)25-20-7-5-4-6-19(20)21/h4-9,12-13,18,22,25H,3,10-11,14-15H2,1-2H3. The number of H-pyrrole nitrogens is 1. The third kappa shape index (κ3) is 3.54. The molecule has 0 aliphatic carbocycles. The number of nitrogens with one attached hydrogen (secondary N) is 1. The van der Waals surface area contributed by atoms with E-state index in [0.717, 1.165) is 31.4 Å². The highest BCUT2D eigenvalue weighted by molar-refractivity contribution is 5.85. The van der Waals surface area contributed by atoms with Gasteiger partial charge in [0, 0.05) is 34.6 Å². The lowest BCUT2D eigenvalue weighted by Gasteiger charge is -2.37. The number of aromatic amines is 1. The van der Waals surface area contributed by atoms with Gasteiger partial charge in [-0.25, -0.2) is 0 Å². The molecule has 1 aromatic carbocycles. The van der Waals surface area contributed by atoms with Gasteiger partial charge in [-0.15, -0.1) is 0 Å². The second kappa shape index (κ2) is 8.15. The highest BCUT2D eigenvalue weighted by Gasteiger charge is 2.32. The number of ether oxygens (including phenoxy) is 1. The molecule has 1 N–H and O–H groups in total. The van der Waals surface area contributed by atoms with E-state index < -0.39 is 0 Å². The Morgan fingerprint density at radius 2 is 1.93 bits per heavy atom. The molecule has 0 bridgehead atoms. The number of fused-ring (bicyclic) bond motifs is 1. The first kappa shape index (κ1) is 18.7. The van der Waals surface area contributed by atoms with Crippen LogP contribution in [0.5, 0.6) is 0 Å². The molecule has 1 unspecified atom stereocenters. The zero-order valence-electron chi connectivity index (χ0n) is 16.5. The summed E-state index contributed by atoms with van der Waals surface area (Å²) in [7, 11) is 0. The number of aryl methyl sites for hydroxylation is 1. The molecule has 3 aromatic rings. The number of hydrogen-bond acceptors (Lipinski definition) is 4. The molecule has 2 aromatic heterocycles. The van der Waals surface area contributed by atoms with Gasteiger partial charge in [-0.05, 0) is 63.5 Å². The van der Waals surface area contributed by atoms with Crippen LogP contribution in [0.3, 0.4) is 0 Å². The third-order valence-electron chi connectivity index (χ3n) is 5.75. The molecule has 5 heteroatoms. The van der Waals surface area contributed by atoms with E-state index in [2.05, 4.69) is 58.2 Å². The van der Waals surface area contributed by atoms with Crippen LogP contribution in [0.2, 0.25) is 0 Å². The summed E-state index contributed by atoms with van der Waals surface area (Å²) in [6.07, 6.45) is 5.39. The molecular weight excluding hydrogens is 350 g/mol. The van der Waals surface area contributed by atoms with Gasteiger partial charge in [0.15, 0.2) is 0 Å². The Morgan fingerprint density at radius 1 is 1.21 bits per heavy atom. The lowest BCUT2D eigenvalue weighted by molar-refractivity contribution is -0.149. The van der Waals surface area contributed by atoms with Gasteiger partial charge in [0.25, 0.3) is 0 Å². The van der Waals surface area contributed by atoms with Crippen LogP contribution in [-0.2, 0) is 9.53 Å². The van der Waals surface area contributed by atoms with Crippen molar-refractivity contribution >= 4 is 16.9 Å². The second-order valence-corrected chi connectivity index (χ2v) is 7.45. The Balaban J connectivity index is 1.68. The number of carbonyl (C=O) groups excluding carboxylic acids is 1. The minimum atomic E-state index is -0.0501.